The Morgan fingerprint density at radius 3 is 2.15 bits per heavy atom. The van der Waals surface area contributed by atoms with E-state index in [-0.39, 0.29) is 23.1 Å². The number of carbonyl (C=O) groups excluding carboxylic acids is 1. The van der Waals surface area contributed by atoms with Gasteiger partial charge < -0.3 is 15.4 Å². The van der Waals surface area contributed by atoms with E-state index >= 15 is 0 Å². The molecule has 0 radical (unpaired) electrons. The molecule has 3 rings (SSSR count). The fourth-order valence-electron chi connectivity index (χ4n) is 5.39. The Morgan fingerprint density at radius 1 is 0.974 bits per heavy atom. The minimum atomic E-state index is -4.41. The molecule has 1 amide bonds. The number of benzene rings is 2. The highest BCUT2D eigenvalue weighted by atomic mass is 19.4. The number of piperazine rings is 1. The van der Waals surface area contributed by atoms with E-state index < -0.39 is 11.7 Å². The van der Waals surface area contributed by atoms with Crippen LogP contribution >= 0.6 is 0 Å². The maximum absolute atomic E-state index is 12.9. The second kappa shape index (κ2) is 13.2. The van der Waals surface area contributed by atoms with Crippen molar-refractivity contribution in [3.05, 3.63) is 64.2 Å². The lowest BCUT2D eigenvalue weighted by Crippen LogP contribution is -2.49. The smallest absolute Gasteiger partial charge is 0.416 e. The predicted molar refractivity (Wildman–Crippen MR) is 150 cm³/mol. The van der Waals surface area contributed by atoms with Crippen LogP contribution in [0.1, 0.15) is 91.5 Å². The molecule has 2 atom stereocenters. The van der Waals surface area contributed by atoms with E-state index in [4.69, 9.17) is 10.5 Å². The molecule has 39 heavy (non-hydrogen) atoms. The molecule has 0 spiro atoms. The number of ether oxygens (including phenoxy) is 1. The molecule has 0 bridgehead atoms. The van der Waals surface area contributed by atoms with Gasteiger partial charge in [-0.1, -0.05) is 19.4 Å². The zero-order valence-electron chi connectivity index (χ0n) is 24.0. The van der Waals surface area contributed by atoms with Gasteiger partial charge in [0.1, 0.15) is 11.4 Å². The van der Waals surface area contributed by atoms with Crippen molar-refractivity contribution in [1.82, 2.24) is 9.80 Å². The molecule has 2 N–H and O–H groups in total. The van der Waals surface area contributed by atoms with Crippen LogP contribution in [0.2, 0.25) is 0 Å². The van der Waals surface area contributed by atoms with Gasteiger partial charge in [-0.2, -0.15) is 13.2 Å². The largest absolute Gasteiger partial charge is 0.487 e. The topological polar surface area (TPSA) is 58.8 Å². The average Bonchev–Trinajstić information content (AvgIpc) is 2.92. The minimum Gasteiger partial charge on any atom is -0.487 e. The van der Waals surface area contributed by atoms with Gasteiger partial charge >= 0.3 is 6.18 Å². The van der Waals surface area contributed by atoms with Crippen molar-refractivity contribution in [1.29, 1.82) is 0 Å². The highest BCUT2D eigenvalue weighted by molar-refractivity contribution is 5.94. The molecule has 8 heteroatoms. The van der Waals surface area contributed by atoms with Crippen molar-refractivity contribution in [2.75, 3.05) is 32.7 Å². The van der Waals surface area contributed by atoms with Gasteiger partial charge in [-0.15, -0.1) is 0 Å². The molecule has 5 nitrogen and oxygen atoms in total. The summed E-state index contributed by atoms with van der Waals surface area (Å²) in [6.07, 6.45) is 0.677. The summed E-state index contributed by atoms with van der Waals surface area (Å²) < 4.78 is 45.2. The van der Waals surface area contributed by atoms with E-state index in [1.807, 2.05) is 0 Å². The van der Waals surface area contributed by atoms with Crippen LogP contribution in [-0.4, -0.2) is 54.0 Å². The summed E-state index contributed by atoms with van der Waals surface area (Å²) in [7, 11) is 0. The number of hydrogen-bond donors (Lipinski definition) is 1. The van der Waals surface area contributed by atoms with Gasteiger partial charge in [-0.25, -0.2) is 0 Å². The standard InChI is InChI=1S/C31H44F3N3O2/c1-6-7-15-30(5,16-8-17-35)39-28-14-13-27(22(2)23(28)3)24(4)36-18-20-37(21-19-36)29(38)25-9-11-26(12-10-25)31(32,33)34/h9-14,24H,6-8,15-21,35H2,1-5H3. The van der Waals surface area contributed by atoms with E-state index in [0.717, 1.165) is 55.5 Å². The van der Waals surface area contributed by atoms with Gasteiger partial charge in [0.25, 0.3) is 5.91 Å². The Hall–Kier alpha value is -2.58. The summed E-state index contributed by atoms with van der Waals surface area (Å²) in [4.78, 5) is 17.0. The summed E-state index contributed by atoms with van der Waals surface area (Å²) in [5.41, 5.74) is 8.67. The van der Waals surface area contributed by atoms with Crippen LogP contribution < -0.4 is 10.5 Å². The number of halogens is 3. The van der Waals surface area contributed by atoms with Crippen molar-refractivity contribution in [3.63, 3.8) is 0 Å². The zero-order chi connectivity index (χ0) is 28.8. The Morgan fingerprint density at radius 2 is 1.59 bits per heavy atom. The summed E-state index contributed by atoms with van der Waals surface area (Å²) >= 11 is 0. The number of nitrogens with zero attached hydrogens (tertiary/aromatic N) is 2. The average molecular weight is 548 g/mol. The van der Waals surface area contributed by atoms with Crippen LogP contribution in [0.15, 0.2) is 36.4 Å². The van der Waals surface area contributed by atoms with E-state index in [2.05, 4.69) is 51.7 Å². The molecule has 1 aliphatic heterocycles. The molecule has 216 valence electrons. The summed E-state index contributed by atoms with van der Waals surface area (Å²) in [5.74, 6) is 0.691. The predicted octanol–water partition coefficient (Wildman–Crippen LogP) is 6.91. The number of amides is 1. The van der Waals surface area contributed by atoms with Crippen LogP contribution in [-0.2, 0) is 6.18 Å². The maximum atomic E-state index is 12.9. The third-order valence-corrected chi connectivity index (χ3v) is 8.16. The molecule has 2 aromatic rings. The van der Waals surface area contributed by atoms with Crippen LogP contribution in [0.25, 0.3) is 0 Å². The summed E-state index contributed by atoms with van der Waals surface area (Å²) in [6.45, 7) is 13.9. The highest BCUT2D eigenvalue weighted by Crippen LogP contribution is 2.35. The molecule has 0 aromatic heterocycles. The first kappa shape index (κ1) is 31.0. The van der Waals surface area contributed by atoms with Crippen molar-refractivity contribution >= 4 is 5.91 Å². The lowest BCUT2D eigenvalue weighted by Gasteiger charge is -2.39. The number of alkyl halides is 3. The van der Waals surface area contributed by atoms with E-state index in [1.54, 1.807) is 4.90 Å². The molecule has 1 saturated heterocycles. The fraction of sp³-hybridized carbons (Fsp3) is 0.581. The SMILES string of the molecule is CCCCC(C)(CCCN)Oc1ccc(C(C)N2CCN(C(=O)c3ccc(C(F)(F)F)cc3)CC2)c(C)c1C. The molecule has 2 aromatic carbocycles. The molecule has 2 unspecified atom stereocenters. The van der Waals surface area contributed by atoms with Crippen molar-refractivity contribution in [2.45, 2.75) is 84.5 Å². The van der Waals surface area contributed by atoms with Crippen LogP contribution in [0, 0.1) is 13.8 Å². The van der Waals surface area contributed by atoms with Crippen LogP contribution in [0.3, 0.4) is 0 Å². The highest BCUT2D eigenvalue weighted by Gasteiger charge is 2.32. The monoisotopic (exact) mass is 547 g/mol. The Labute approximate surface area is 231 Å². The van der Waals surface area contributed by atoms with Crippen LogP contribution in [0.5, 0.6) is 5.75 Å². The van der Waals surface area contributed by atoms with Gasteiger partial charge in [0.2, 0.25) is 0 Å². The number of nitrogens with two attached hydrogens (primary N) is 1. The number of rotatable bonds is 11. The number of hydrogen-bond acceptors (Lipinski definition) is 4. The summed E-state index contributed by atoms with van der Waals surface area (Å²) in [5, 5.41) is 0. The number of carbonyl (C=O) groups is 1. The fourth-order valence-corrected chi connectivity index (χ4v) is 5.39. The van der Waals surface area contributed by atoms with Crippen LogP contribution in [0.4, 0.5) is 13.2 Å². The Balaban J connectivity index is 1.65. The Kier molecular flexibility index (Phi) is 10.5. The molecule has 1 fully saturated rings. The first-order valence-electron chi connectivity index (χ1n) is 14.1. The summed E-state index contributed by atoms with van der Waals surface area (Å²) in [6, 6.07) is 8.86. The van der Waals surface area contributed by atoms with Gasteiger partial charge in [-0.3, -0.25) is 9.69 Å². The van der Waals surface area contributed by atoms with E-state index in [9.17, 15) is 18.0 Å². The minimum absolute atomic E-state index is 0.157. The van der Waals surface area contributed by atoms with E-state index in [0.29, 0.717) is 32.7 Å². The zero-order valence-corrected chi connectivity index (χ0v) is 24.0. The van der Waals surface area contributed by atoms with Crippen molar-refractivity contribution < 1.29 is 22.7 Å². The lowest BCUT2D eigenvalue weighted by molar-refractivity contribution is -0.137. The third kappa shape index (κ3) is 7.76. The van der Waals surface area contributed by atoms with E-state index in [1.165, 1.54) is 23.3 Å². The lowest BCUT2D eigenvalue weighted by atomic mass is 9.92. The molecule has 0 saturated carbocycles. The van der Waals surface area contributed by atoms with Gasteiger partial charge in [0, 0.05) is 37.8 Å². The first-order valence-corrected chi connectivity index (χ1v) is 14.1. The van der Waals surface area contributed by atoms with Crippen molar-refractivity contribution in [3.8, 4) is 5.75 Å². The first-order chi connectivity index (χ1) is 18.4. The molecule has 1 heterocycles. The van der Waals surface area contributed by atoms with Gasteiger partial charge in [0.05, 0.1) is 5.56 Å². The molecular formula is C31H44F3N3O2. The molecular weight excluding hydrogens is 503 g/mol. The second-order valence-electron chi connectivity index (χ2n) is 11.0. The molecule has 0 aliphatic carbocycles. The third-order valence-electron chi connectivity index (χ3n) is 8.16. The Bertz CT molecular complexity index is 1090. The number of unbranched alkanes of at least 4 members (excludes halogenated alkanes) is 1. The second-order valence-corrected chi connectivity index (χ2v) is 11.0. The normalized spacial score (nSPS) is 17.1. The maximum Gasteiger partial charge on any atom is 0.416 e. The quantitative estimate of drug-likeness (QED) is 0.332. The molecule has 1 aliphatic rings. The van der Waals surface area contributed by atoms with Gasteiger partial charge in [-0.05, 0) is 107 Å². The van der Waals surface area contributed by atoms with Crippen molar-refractivity contribution in [2.24, 2.45) is 5.73 Å². The van der Waals surface area contributed by atoms with Gasteiger partial charge in [0.15, 0.2) is 0 Å².